The van der Waals surface area contributed by atoms with Crippen molar-refractivity contribution in [2.75, 3.05) is 23.3 Å². The molecule has 2 heterocycles. The van der Waals surface area contributed by atoms with Gasteiger partial charge in [0, 0.05) is 18.6 Å². The first-order valence-electron chi connectivity index (χ1n) is 6.67. The van der Waals surface area contributed by atoms with Crippen molar-refractivity contribution in [2.24, 2.45) is 5.92 Å². The summed E-state index contributed by atoms with van der Waals surface area (Å²) in [7, 11) is 0. The summed E-state index contributed by atoms with van der Waals surface area (Å²) in [6.07, 6.45) is 4.29. The van der Waals surface area contributed by atoms with Gasteiger partial charge < -0.3 is 10.2 Å². The van der Waals surface area contributed by atoms with Gasteiger partial charge in [0.15, 0.2) is 5.82 Å². The fourth-order valence-electron chi connectivity index (χ4n) is 2.23. The van der Waals surface area contributed by atoms with Crippen LogP contribution in [-0.2, 0) is 0 Å². The fraction of sp³-hybridized carbons (Fsp3) is 0.769. The molecule has 1 atom stereocenters. The number of hydrogen-bond acceptors (Lipinski definition) is 5. The van der Waals surface area contributed by atoms with E-state index in [1.165, 1.54) is 12.8 Å². The van der Waals surface area contributed by atoms with Gasteiger partial charge >= 0.3 is 0 Å². The molecule has 1 N–H and O–H groups in total. The monoisotopic (exact) mass is 249 g/mol. The minimum atomic E-state index is -0.0461. The molecule has 0 bridgehead atoms. The molecule has 0 saturated carbocycles. The molecule has 100 valence electrons. The number of nitrogens with one attached hydrogen (secondary N) is 1. The number of piperidine rings is 1. The molecule has 1 saturated heterocycles. The van der Waals surface area contributed by atoms with Crippen LogP contribution in [0.25, 0.3) is 0 Å². The number of rotatable bonds is 2. The number of hydrogen-bond donors (Lipinski definition) is 1. The molecule has 0 aromatic carbocycles. The zero-order valence-corrected chi connectivity index (χ0v) is 11.8. The molecule has 0 spiro atoms. The summed E-state index contributed by atoms with van der Waals surface area (Å²) in [6.45, 7) is 10.7. The molecule has 1 fully saturated rings. The Hall–Kier alpha value is -1.39. The predicted molar refractivity (Wildman–Crippen MR) is 73.8 cm³/mol. The third-order valence-corrected chi connectivity index (χ3v) is 3.01. The van der Waals surface area contributed by atoms with E-state index in [1.807, 2.05) is 0 Å². The van der Waals surface area contributed by atoms with Crippen molar-refractivity contribution in [3.8, 4) is 0 Å². The minimum Gasteiger partial charge on any atom is -0.355 e. The Morgan fingerprint density at radius 3 is 2.83 bits per heavy atom. The maximum Gasteiger partial charge on any atom is 0.245 e. The van der Waals surface area contributed by atoms with Gasteiger partial charge in [-0.3, -0.25) is 0 Å². The van der Waals surface area contributed by atoms with Crippen molar-refractivity contribution in [3.63, 3.8) is 0 Å². The molecule has 5 heteroatoms. The van der Waals surface area contributed by atoms with Gasteiger partial charge in [-0.1, -0.05) is 6.92 Å². The van der Waals surface area contributed by atoms with Crippen molar-refractivity contribution >= 4 is 11.8 Å². The van der Waals surface area contributed by atoms with Crippen LogP contribution in [0.4, 0.5) is 11.8 Å². The van der Waals surface area contributed by atoms with E-state index in [1.54, 1.807) is 6.20 Å². The Labute approximate surface area is 109 Å². The smallest absolute Gasteiger partial charge is 0.245 e. The highest BCUT2D eigenvalue weighted by atomic mass is 15.3. The van der Waals surface area contributed by atoms with Crippen molar-refractivity contribution in [2.45, 2.75) is 46.1 Å². The lowest BCUT2D eigenvalue weighted by molar-refractivity contribution is 0.444. The van der Waals surface area contributed by atoms with E-state index in [9.17, 15) is 0 Å². The highest BCUT2D eigenvalue weighted by Gasteiger charge is 2.19. The van der Waals surface area contributed by atoms with E-state index in [-0.39, 0.29) is 5.54 Å². The van der Waals surface area contributed by atoms with Crippen LogP contribution in [0.5, 0.6) is 0 Å². The van der Waals surface area contributed by atoms with Crippen molar-refractivity contribution in [1.29, 1.82) is 0 Å². The van der Waals surface area contributed by atoms with Gasteiger partial charge in [0.2, 0.25) is 5.95 Å². The second-order valence-corrected chi connectivity index (χ2v) is 6.21. The zero-order valence-electron chi connectivity index (χ0n) is 11.8. The Morgan fingerprint density at radius 2 is 2.17 bits per heavy atom. The molecule has 1 aromatic rings. The van der Waals surface area contributed by atoms with Gasteiger partial charge in [-0.2, -0.15) is 10.1 Å². The van der Waals surface area contributed by atoms with Crippen molar-refractivity contribution < 1.29 is 0 Å². The number of aromatic nitrogens is 3. The Kier molecular flexibility index (Phi) is 3.68. The molecule has 1 aromatic heterocycles. The highest BCUT2D eigenvalue weighted by Crippen LogP contribution is 2.21. The van der Waals surface area contributed by atoms with E-state index in [0.717, 1.165) is 24.8 Å². The fourth-order valence-corrected chi connectivity index (χ4v) is 2.23. The van der Waals surface area contributed by atoms with Gasteiger partial charge in [0.05, 0.1) is 6.20 Å². The molecule has 1 aliphatic rings. The lowest BCUT2D eigenvalue weighted by Crippen LogP contribution is -2.35. The average molecular weight is 249 g/mol. The van der Waals surface area contributed by atoms with Gasteiger partial charge in [0.1, 0.15) is 0 Å². The van der Waals surface area contributed by atoms with Crippen molar-refractivity contribution in [1.82, 2.24) is 15.2 Å². The topological polar surface area (TPSA) is 53.9 Å². The molecule has 5 nitrogen and oxygen atoms in total. The molecule has 1 unspecified atom stereocenters. The Morgan fingerprint density at radius 1 is 1.39 bits per heavy atom. The number of anilines is 2. The third-order valence-electron chi connectivity index (χ3n) is 3.01. The summed E-state index contributed by atoms with van der Waals surface area (Å²) < 4.78 is 0. The molecule has 0 amide bonds. The van der Waals surface area contributed by atoms with Gasteiger partial charge in [-0.05, 0) is 39.5 Å². The lowest BCUT2D eigenvalue weighted by Gasteiger charge is -2.31. The summed E-state index contributed by atoms with van der Waals surface area (Å²) >= 11 is 0. The van der Waals surface area contributed by atoms with Gasteiger partial charge in [0.25, 0.3) is 0 Å². The summed E-state index contributed by atoms with van der Waals surface area (Å²) in [6, 6.07) is 0. The van der Waals surface area contributed by atoms with E-state index in [4.69, 9.17) is 0 Å². The van der Waals surface area contributed by atoms with E-state index >= 15 is 0 Å². The maximum absolute atomic E-state index is 4.56. The SMILES string of the molecule is CC1CCCN(c2cnnc(NC(C)(C)C)n2)C1. The first-order chi connectivity index (χ1) is 8.44. The van der Waals surface area contributed by atoms with Crippen molar-refractivity contribution in [3.05, 3.63) is 6.20 Å². The summed E-state index contributed by atoms with van der Waals surface area (Å²) in [5.41, 5.74) is -0.0461. The van der Waals surface area contributed by atoms with Crippen LogP contribution in [-0.4, -0.2) is 33.8 Å². The third kappa shape index (κ3) is 3.55. The molecule has 2 rings (SSSR count). The van der Waals surface area contributed by atoms with Crippen LogP contribution in [0.15, 0.2) is 6.20 Å². The second kappa shape index (κ2) is 5.08. The summed E-state index contributed by atoms with van der Waals surface area (Å²) in [4.78, 5) is 6.86. The van der Waals surface area contributed by atoms with Crippen LogP contribution in [0, 0.1) is 5.92 Å². The lowest BCUT2D eigenvalue weighted by atomic mass is 10.0. The Balaban J connectivity index is 2.11. The average Bonchev–Trinajstić information content (AvgIpc) is 2.27. The quantitative estimate of drug-likeness (QED) is 0.871. The van der Waals surface area contributed by atoms with Gasteiger partial charge in [-0.25, -0.2) is 0 Å². The van der Waals surface area contributed by atoms with Crippen LogP contribution in [0.2, 0.25) is 0 Å². The standard InChI is InChI=1S/C13H23N5/c1-10-6-5-7-18(9-10)11-8-14-17-12(15-11)16-13(2,3)4/h8,10H,5-7,9H2,1-4H3,(H,15,16,17). The van der Waals surface area contributed by atoms with Crippen LogP contribution in [0.1, 0.15) is 40.5 Å². The first kappa shape index (κ1) is 13.1. The molecule has 0 radical (unpaired) electrons. The van der Waals surface area contributed by atoms with Crippen LogP contribution >= 0.6 is 0 Å². The normalized spacial score (nSPS) is 20.9. The van der Waals surface area contributed by atoms with Gasteiger partial charge in [-0.15, -0.1) is 5.10 Å². The molecular weight excluding hydrogens is 226 g/mol. The minimum absolute atomic E-state index is 0.0461. The molecule has 1 aliphatic heterocycles. The summed E-state index contributed by atoms with van der Waals surface area (Å²) in [5, 5.41) is 11.4. The molecule has 18 heavy (non-hydrogen) atoms. The second-order valence-electron chi connectivity index (χ2n) is 6.21. The largest absolute Gasteiger partial charge is 0.355 e. The molecular formula is C13H23N5. The number of nitrogens with zero attached hydrogens (tertiary/aromatic N) is 4. The van der Waals surface area contributed by atoms with Crippen LogP contribution in [0.3, 0.4) is 0 Å². The first-order valence-corrected chi connectivity index (χ1v) is 6.67. The summed E-state index contributed by atoms with van der Waals surface area (Å²) in [5.74, 6) is 2.27. The zero-order chi connectivity index (χ0) is 13.2. The van der Waals surface area contributed by atoms with E-state index in [2.05, 4.69) is 53.1 Å². The predicted octanol–water partition coefficient (Wildman–Crippen LogP) is 2.32. The highest BCUT2D eigenvalue weighted by molar-refractivity contribution is 5.41. The van der Waals surface area contributed by atoms with E-state index in [0.29, 0.717) is 5.95 Å². The maximum atomic E-state index is 4.56. The molecule has 0 aliphatic carbocycles. The van der Waals surface area contributed by atoms with E-state index < -0.39 is 0 Å². The Bertz CT molecular complexity index is 399. The van der Waals surface area contributed by atoms with Crippen LogP contribution < -0.4 is 10.2 Å².